The number of esters is 1. The minimum atomic E-state index is -1.07. The second-order valence-corrected chi connectivity index (χ2v) is 12.1. The first kappa shape index (κ1) is 37.2. The molecule has 0 fully saturated rings. The van der Waals surface area contributed by atoms with Crippen LogP contribution in [0.4, 0.5) is 9.59 Å². The van der Waals surface area contributed by atoms with Gasteiger partial charge in [0.15, 0.2) is 11.5 Å². The standard InChI is InChI=1S/C32H45N3O9S/c1-32(2,3)44-30(39)33-17-10-9-13-24(35-31(40)42-21-22-11-7-6-8-12-22)29(38)43-26-15-14-23(19-27(26)41-4)25(36)20-34-28(37)16-18-45-5/h6-8,11-12,14-15,19,24-25,36H,9-10,13,16-18,20-21H2,1-5H3,(H,33,39)(H,34,37)(H,35,40)/t24-,25?/m0/s1. The molecule has 45 heavy (non-hydrogen) atoms. The molecule has 4 N–H and O–H groups in total. The number of thioether (sulfide) groups is 1. The van der Waals surface area contributed by atoms with Crippen LogP contribution in [0, 0.1) is 0 Å². The van der Waals surface area contributed by atoms with Gasteiger partial charge >= 0.3 is 18.2 Å². The summed E-state index contributed by atoms with van der Waals surface area (Å²) in [7, 11) is 1.39. The zero-order chi connectivity index (χ0) is 33.2. The van der Waals surface area contributed by atoms with Crippen LogP contribution in [0.25, 0.3) is 0 Å². The first-order chi connectivity index (χ1) is 21.4. The van der Waals surface area contributed by atoms with Gasteiger partial charge in [0.05, 0.1) is 13.2 Å². The Balaban J connectivity index is 2.04. The van der Waals surface area contributed by atoms with Gasteiger partial charge in [0.1, 0.15) is 18.2 Å². The van der Waals surface area contributed by atoms with E-state index in [1.807, 2.05) is 36.6 Å². The fourth-order valence-electron chi connectivity index (χ4n) is 3.90. The fourth-order valence-corrected chi connectivity index (χ4v) is 4.29. The molecular weight excluding hydrogens is 602 g/mol. The molecule has 0 bridgehead atoms. The van der Waals surface area contributed by atoms with Gasteiger partial charge in [-0.2, -0.15) is 11.8 Å². The maximum atomic E-state index is 13.3. The fraction of sp³-hybridized carbons (Fsp3) is 0.500. The highest BCUT2D eigenvalue weighted by atomic mass is 32.2. The highest BCUT2D eigenvalue weighted by Gasteiger charge is 2.25. The van der Waals surface area contributed by atoms with E-state index in [9.17, 15) is 24.3 Å². The van der Waals surface area contributed by atoms with Crippen molar-refractivity contribution in [2.24, 2.45) is 0 Å². The summed E-state index contributed by atoms with van der Waals surface area (Å²) in [6.07, 6.45) is 1.08. The smallest absolute Gasteiger partial charge is 0.408 e. The van der Waals surface area contributed by atoms with Gasteiger partial charge in [-0.1, -0.05) is 36.4 Å². The Morgan fingerprint density at radius 1 is 0.956 bits per heavy atom. The van der Waals surface area contributed by atoms with Crippen molar-refractivity contribution in [2.75, 3.05) is 32.2 Å². The molecule has 2 aromatic carbocycles. The average Bonchev–Trinajstić information content (AvgIpc) is 3.00. The van der Waals surface area contributed by atoms with E-state index in [1.165, 1.54) is 19.2 Å². The lowest BCUT2D eigenvalue weighted by Crippen LogP contribution is -2.43. The molecular formula is C32H45N3O9S. The quantitative estimate of drug-likeness (QED) is 0.109. The van der Waals surface area contributed by atoms with Crippen molar-refractivity contribution in [2.45, 2.75) is 70.8 Å². The Labute approximate surface area is 268 Å². The minimum absolute atomic E-state index is 0.00930. The van der Waals surface area contributed by atoms with Crippen LogP contribution in [-0.4, -0.2) is 73.0 Å². The number of methoxy groups -OCH3 is 1. The third kappa shape index (κ3) is 15.0. The molecule has 0 aliphatic carbocycles. The van der Waals surface area contributed by atoms with Crippen molar-refractivity contribution in [3.05, 3.63) is 59.7 Å². The van der Waals surface area contributed by atoms with Crippen LogP contribution in [0.5, 0.6) is 11.5 Å². The van der Waals surface area contributed by atoms with Gasteiger partial charge in [-0.15, -0.1) is 0 Å². The van der Waals surface area contributed by atoms with Gasteiger partial charge in [-0.25, -0.2) is 14.4 Å². The molecule has 0 radical (unpaired) electrons. The number of carbonyl (C=O) groups excluding carboxylic acids is 4. The Bertz CT molecular complexity index is 1240. The summed E-state index contributed by atoms with van der Waals surface area (Å²) in [5, 5.41) is 18.5. The molecule has 13 heteroatoms. The van der Waals surface area contributed by atoms with Crippen LogP contribution in [0.1, 0.15) is 63.7 Å². The molecule has 1 unspecified atom stereocenters. The number of benzene rings is 2. The van der Waals surface area contributed by atoms with Gasteiger partial charge in [-0.05, 0) is 69.5 Å². The van der Waals surface area contributed by atoms with Gasteiger partial charge in [0.2, 0.25) is 5.91 Å². The van der Waals surface area contributed by atoms with Crippen LogP contribution in [-0.2, 0) is 25.7 Å². The highest BCUT2D eigenvalue weighted by Crippen LogP contribution is 2.31. The average molecular weight is 648 g/mol. The Morgan fingerprint density at radius 2 is 1.69 bits per heavy atom. The first-order valence-corrected chi connectivity index (χ1v) is 16.1. The lowest BCUT2D eigenvalue weighted by atomic mass is 10.1. The number of nitrogens with one attached hydrogen (secondary N) is 3. The third-order valence-electron chi connectivity index (χ3n) is 6.19. The second kappa shape index (κ2) is 19.4. The van der Waals surface area contributed by atoms with E-state index >= 15 is 0 Å². The van der Waals surface area contributed by atoms with Gasteiger partial charge in [0, 0.05) is 25.3 Å². The first-order valence-electron chi connectivity index (χ1n) is 14.7. The van der Waals surface area contributed by atoms with E-state index < -0.39 is 35.9 Å². The van der Waals surface area contributed by atoms with E-state index in [-0.39, 0.29) is 37.0 Å². The summed E-state index contributed by atoms with van der Waals surface area (Å²) in [5.41, 5.74) is 0.615. The van der Waals surface area contributed by atoms with Crippen LogP contribution >= 0.6 is 11.8 Å². The lowest BCUT2D eigenvalue weighted by Gasteiger charge is -2.20. The molecule has 0 saturated carbocycles. The third-order valence-corrected chi connectivity index (χ3v) is 6.80. The predicted octanol–water partition coefficient (Wildman–Crippen LogP) is 4.49. The van der Waals surface area contributed by atoms with Gasteiger partial charge in [-0.3, -0.25) is 4.79 Å². The van der Waals surface area contributed by atoms with E-state index in [0.717, 1.165) is 5.56 Å². The predicted molar refractivity (Wildman–Crippen MR) is 171 cm³/mol. The van der Waals surface area contributed by atoms with Crippen molar-refractivity contribution in [3.8, 4) is 11.5 Å². The second-order valence-electron chi connectivity index (χ2n) is 11.1. The van der Waals surface area contributed by atoms with Gasteiger partial charge in [0.25, 0.3) is 0 Å². The summed E-state index contributed by atoms with van der Waals surface area (Å²) in [5.74, 6) is 0.0280. The zero-order valence-corrected chi connectivity index (χ0v) is 27.4. The molecule has 0 aliphatic heterocycles. The molecule has 2 atom stereocenters. The molecule has 0 aromatic heterocycles. The normalized spacial score (nSPS) is 12.3. The summed E-state index contributed by atoms with van der Waals surface area (Å²) in [4.78, 5) is 49.7. The molecule has 0 saturated heterocycles. The molecule has 3 amide bonds. The number of aliphatic hydroxyl groups is 1. The zero-order valence-electron chi connectivity index (χ0n) is 26.6. The lowest BCUT2D eigenvalue weighted by molar-refractivity contribution is -0.137. The van der Waals surface area contributed by atoms with Crippen LogP contribution in [0.3, 0.4) is 0 Å². The molecule has 0 aliphatic rings. The molecule has 248 valence electrons. The number of hydrogen-bond donors (Lipinski definition) is 4. The summed E-state index contributed by atoms with van der Waals surface area (Å²) in [6.45, 7) is 5.64. The largest absolute Gasteiger partial charge is 0.493 e. The van der Waals surface area contributed by atoms with Crippen molar-refractivity contribution >= 4 is 35.8 Å². The minimum Gasteiger partial charge on any atom is -0.493 e. The highest BCUT2D eigenvalue weighted by molar-refractivity contribution is 7.98. The van der Waals surface area contributed by atoms with Crippen molar-refractivity contribution in [1.29, 1.82) is 0 Å². The number of aliphatic hydroxyl groups excluding tert-OH is 1. The molecule has 2 aromatic rings. The van der Waals surface area contributed by atoms with Crippen LogP contribution < -0.4 is 25.4 Å². The number of carbonyl (C=O) groups is 4. The number of ether oxygens (including phenoxy) is 4. The monoisotopic (exact) mass is 647 g/mol. The number of rotatable bonds is 17. The number of alkyl carbamates (subject to hydrolysis) is 2. The summed E-state index contributed by atoms with van der Waals surface area (Å²) in [6, 6.07) is 12.6. The van der Waals surface area contributed by atoms with Crippen molar-refractivity contribution in [1.82, 2.24) is 16.0 Å². The molecule has 0 heterocycles. The Hall–Kier alpha value is -3.97. The van der Waals surface area contributed by atoms with Crippen molar-refractivity contribution < 1.29 is 43.2 Å². The van der Waals surface area contributed by atoms with Crippen LogP contribution in [0.2, 0.25) is 0 Å². The Morgan fingerprint density at radius 3 is 2.36 bits per heavy atom. The van der Waals surface area contributed by atoms with E-state index in [4.69, 9.17) is 18.9 Å². The molecule has 2 rings (SSSR count). The topological polar surface area (TPSA) is 162 Å². The van der Waals surface area contributed by atoms with Crippen LogP contribution in [0.15, 0.2) is 48.5 Å². The number of unbranched alkanes of at least 4 members (excludes halogenated alkanes) is 1. The van der Waals surface area contributed by atoms with E-state index in [2.05, 4.69) is 16.0 Å². The van der Waals surface area contributed by atoms with E-state index in [0.29, 0.717) is 37.1 Å². The van der Waals surface area contributed by atoms with E-state index in [1.54, 1.807) is 38.6 Å². The maximum Gasteiger partial charge on any atom is 0.408 e. The van der Waals surface area contributed by atoms with Crippen molar-refractivity contribution in [3.63, 3.8) is 0 Å². The number of amides is 3. The SMILES string of the molecule is COc1cc(C(O)CNC(=O)CCSC)ccc1OC(=O)[C@H](CCCCNC(=O)OC(C)(C)C)NC(=O)OCc1ccccc1. The van der Waals surface area contributed by atoms with Gasteiger partial charge < -0.3 is 40.0 Å². The summed E-state index contributed by atoms with van der Waals surface area (Å²) < 4.78 is 21.5. The Kier molecular flexibility index (Phi) is 16.1. The maximum absolute atomic E-state index is 13.3. The molecule has 0 spiro atoms. The summed E-state index contributed by atoms with van der Waals surface area (Å²) >= 11 is 1.56. The molecule has 12 nitrogen and oxygen atoms in total. The number of hydrogen-bond acceptors (Lipinski definition) is 10.